The summed E-state index contributed by atoms with van der Waals surface area (Å²) in [6.45, 7) is 6.19. The Labute approximate surface area is 192 Å². The van der Waals surface area contributed by atoms with Crippen molar-refractivity contribution in [1.82, 2.24) is 0 Å². The molecule has 4 nitrogen and oxygen atoms in total. The lowest BCUT2D eigenvalue weighted by atomic mass is 9.99. The zero-order chi connectivity index (χ0) is 23.1. The van der Waals surface area contributed by atoms with E-state index in [2.05, 4.69) is 23.1 Å². The topological polar surface area (TPSA) is 52.6 Å². The average Bonchev–Trinajstić information content (AvgIpc) is 2.81. The maximum Gasteiger partial charge on any atom is 0.343 e. The highest BCUT2D eigenvalue weighted by atomic mass is 31.0. The third kappa shape index (κ3) is 6.27. The number of carbonyl (C=O) groups is 2. The Kier molecular flexibility index (Phi) is 8.19. The van der Waals surface area contributed by atoms with Crippen LogP contribution in [0, 0.1) is 12.8 Å². The smallest absolute Gasteiger partial charge is 0.343 e. The van der Waals surface area contributed by atoms with Gasteiger partial charge in [-0.1, -0.05) is 44.5 Å². The Bertz CT molecular complexity index is 1070. The number of hydrogen-bond acceptors (Lipinski definition) is 4. The molecule has 0 heterocycles. The van der Waals surface area contributed by atoms with Crippen LogP contribution >= 0.6 is 9.24 Å². The highest BCUT2D eigenvalue weighted by molar-refractivity contribution is 7.15. The quantitative estimate of drug-likeness (QED) is 0.227. The summed E-state index contributed by atoms with van der Waals surface area (Å²) in [6.07, 6.45) is 2.96. The monoisotopic (exact) mass is 448 g/mol. The van der Waals surface area contributed by atoms with Gasteiger partial charge in [-0.2, -0.15) is 0 Å². The summed E-state index contributed by atoms with van der Waals surface area (Å²) < 4.78 is 11.0. The molecule has 0 saturated carbocycles. The fraction of sp³-hybridized carbons (Fsp3) is 0.259. The van der Waals surface area contributed by atoms with Gasteiger partial charge >= 0.3 is 11.9 Å². The molecular weight excluding hydrogens is 419 g/mol. The molecule has 3 rings (SSSR count). The van der Waals surface area contributed by atoms with Gasteiger partial charge in [0.25, 0.3) is 0 Å². The van der Waals surface area contributed by atoms with Crippen LogP contribution in [0.25, 0.3) is 0 Å². The summed E-state index contributed by atoms with van der Waals surface area (Å²) in [6, 6.07) is 19.8. The van der Waals surface area contributed by atoms with Crippen LogP contribution in [0.15, 0.2) is 66.7 Å². The standard InChI is InChI=1S/C27H29O4P/c1-4-18(2)15-20-7-12-24(13-8-20)30-27(29)23-11-14-25(19(3)16-23)31-26(28)22-9-5-21(17-32)6-10-22/h5-14,16,18H,4,15,17,32H2,1-3H3. The molecule has 0 radical (unpaired) electrons. The number of rotatable bonds is 8. The van der Waals surface area contributed by atoms with E-state index in [4.69, 9.17) is 9.47 Å². The maximum atomic E-state index is 12.6. The average molecular weight is 448 g/mol. The molecule has 5 heteroatoms. The lowest BCUT2D eigenvalue weighted by Crippen LogP contribution is -2.11. The molecule has 0 fully saturated rings. The van der Waals surface area contributed by atoms with Crippen LogP contribution in [0.1, 0.15) is 57.7 Å². The minimum Gasteiger partial charge on any atom is -0.423 e. The minimum absolute atomic E-state index is 0.399. The lowest BCUT2D eigenvalue weighted by Gasteiger charge is -2.11. The van der Waals surface area contributed by atoms with Gasteiger partial charge in [0.15, 0.2) is 0 Å². The summed E-state index contributed by atoms with van der Waals surface area (Å²) in [5.74, 6) is 0.653. The lowest BCUT2D eigenvalue weighted by molar-refractivity contribution is 0.0730. The molecule has 2 unspecified atom stereocenters. The molecule has 0 aliphatic heterocycles. The first-order valence-corrected chi connectivity index (χ1v) is 11.6. The van der Waals surface area contributed by atoms with Crippen molar-refractivity contribution in [2.45, 2.75) is 39.8 Å². The predicted molar refractivity (Wildman–Crippen MR) is 131 cm³/mol. The summed E-state index contributed by atoms with van der Waals surface area (Å²) in [4.78, 5) is 25.0. The van der Waals surface area contributed by atoms with Gasteiger partial charge in [0, 0.05) is 0 Å². The van der Waals surface area contributed by atoms with Crippen molar-refractivity contribution in [3.8, 4) is 11.5 Å². The molecular formula is C27H29O4P. The Morgan fingerprint density at radius 1 is 0.844 bits per heavy atom. The number of esters is 2. The second kappa shape index (κ2) is 11.1. The van der Waals surface area contributed by atoms with Gasteiger partial charge < -0.3 is 9.47 Å². The highest BCUT2D eigenvalue weighted by Crippen LogP contribution is 2.23. The number of hydrogen-bond donors (Lipinski definition) is 0. The van der Waals surface area contributed by atoms with E-state index < -0.39 is 11.9 Å². The molecule has 0 aliphatic carbocycles. The van der Waals surface area contributed by atoms with E-state index in [1.54, 1.807) is 37.3 Å². The molecule has 166 valence electrons. The molecule has 0 amide bonds. The molecule has 0 bridgehead atoms. The highest BCUT2D eigenvalue weighted by Gasteiger charge is 2.14. The van der Waals surface area contributed by atoms with Gasteiger partial charge in [-0.05, 0) is 84.6 Å². The molecule has 2 atom stereocenters. The van der Waals surface area contributed by atoms with Crippen molar-refractivity contribution in [2.75, 3.05) is 0 Å². The van der Waals surface area contributed by atoms with Gasteiger partial charge in [-0.15, -0.1) is 9.24 Å². The van der Waals surface area contributed by atoms with Gasteiger partial charge in [0.05, 0.1) is 11.1 Å². The second-order valence-electron chi connectivity index (χ2n) is 8.02. The Balaban J connectivity index is 1.63. The maximum absolute atomic E-state index is 12.6. The largest absolute Gasteiger partial charge is 0.423 e. The predicted octanol–water partition coefficient (Wildman–Crippen LogP) is 6.40. The third-order valence-corrected chi connectivity index (χ3v) is 5.93. The van der Waals surface area contributed by atoms with Crippen LogP contribution in [0.3, 0.4) is 0 Å². The fourth-order valence-electron chi connectivity index (χ4n) is 3.23. The van der Waals surface area contributed by atoms with Crippen molar-refractivity contribution >= 4 is 21.2 Å². The Hall–Kier alpha value is -2.97. The molecule has 32 heavy (non-hydrogen) atoms. The first-order chi connectivity index (χ1) is 15.4. The van der Waals surface area contributed by atoms with E-state index in [0.717, 1.165) is 24.6 Å². The molecule has 0 saturated heterocycles. The first-order valence-electron chi connectivity index (χ1n) is 10.8. The van der Waals surface area contributed by atoms with Crippen molar-refractivity contribution in [3.63, 3.8) is 0 Å². The van der Waals surface area contributed by atoms with Gasteiger partial charge in [-0.3, -0.25) is 0 Å². The van der Waals surface area contributed by atoms with Crippen molar-refractivity contribution in [1.29, 1.82) is 0 Å². The van der Waals surface area contributed by atoms with Crippen LogP contribution in [-0.4, -0.2) is 11.9 Å². The van der Waals surface area contributed by atoms with E-state index in [9.17, 15) is 9.59 Å². The third-order valence-electron chi connectivity index (χ3n) is 5.45. The van der Waals surface area contributed by atoms with E-state index in [1.807, 2.05) is 36.4 Å². The van der Waals surface area contributed by atoms with E-state index in [1.165, 1.54) is 5.56 Å². The summed E-state index contributed by atoms with van der Waals surface area (Å²) in [7, 11) is 2.65. The Morgan fingerprint density at radius 3 is 2.03 bits per heavy atom. The zero-order valence-corrected chi connectivity index (χ0v) is 19.9. The normalized spacial score (nSPS) is 11.6. The molecule has 0 N–H and O–H groups in total. The molecule has 0 spiro atoms. The van der Waals surface area contributed by atoms with E-state index in [-0.39, 0.29) is 0 Å². The Morgan fingerprint density at radius 2 is 1.44 bits per heavy atom. The van der Waals surface area contributed by atoms with Crippen molar-refractivity contribution < 1.29 is 19.1 Å². The summed E-state index contributed by atoms with van der Waals surface area (Å²) >= 11 is 0. The van der Waals surface area contributed by atoms with Crippen LogP contribution in [-0.2, 0) is 12.6 Å². The van der Waals surface area contributed by atoms with E-state index in [0.29, 0.717) is 34.1 Å². The van der Waals surface area contributed by atoms with E-state index >= 15 is 0 Å². The zero-order valence-electron chi connectivity index (χ0n) is 18.8. The number of aryl methyl sites for hydroxylation is 1. The second-order valence-corrected chi connectivity index (χ2v) is 8.43. The SMILES string of the molecule is CCC(C)Cc1ccc(OC(=O)c2ccc(OC(=O)c3ccc(CP)cc3)c(C)c2)cc1. The van der Waals surface area contributed by atoms with Crippen molar-refractivity contribution in [3.05, 3.63) is 94.5 Å². The van der Waals surface area contributed by atoms with Gasteiger partial charge in [0.1, 0.15) is 11.5 Å². The molecule has 0 aromatic heterocycles. The first kappa shape index (κ1) is 23.7. The molecule has 3 aromatic carbocycles. The van der Waals surface area contributed by atoms with Crippen LogP contribution in [0.2, 0.25) is 0 Å². The number of carbonyl (C=O) groups excluding carboxylic acids is 2. The van der Waals surface area contributed by atoms with Gasteiger partial charge in [-0.25, -0.2) is 9.59 Å². The summed E-state index contributed by atoms with van der Waals surface area (Å²) in [5, 5.41) is 0. The fourth-order valence-corrected chi connectivity index (χ4v) is 3.51. The van der Waals surface area contributed by atoms with Crippen LogP contribution in [0.5, 0.6) is 11.5 Å². The number of ether oxygens (including phenoxy) is 2. The van der Waals surface area contributed by atoms with Crippen molar-refractivity contribution in [2.24, 2.45) is 5.92 Å². The summed E-state index contributed by atoms with van der Waals surface area (Å²) in [5.41, 5.74) is 3.90. The minimum atomic E-state index is -0.450. The van der Waals surface area contributed by atoms with Gasteiger partial charge in [0.2, 0.25) is 0 Å². The molecule has 0 aliphatic rings. The number of benzene rings is 3. The van der Waals surface area contributed by atoms with Crippen LogP contribution in [0.4, 0.5) is 0 Å². The van der Waals surface area contributed by atoms with Crippen LogP contribution < -0.4 is 9.47 Å². The molecule has 3 aromatic rings.